The molecule has 0 aliphatic rings. The van der Waals surface area contributed by atoms with Crippen LogP contribution in [-0.4, -0.2) is 158 Å². The summed E-state index contributed by atoms with van der Waals surface area (Å²) >= 11 is 0. The Hall–Kier alpha value is -7.84. The molecule has 2 aromatic carbocycles. The minimum absolute atomic E-state index is 0.0551. The van der Waals surface area contributed by atoms with E-state index in [2.05, 4.69) is 52.5 Å². The molecule has 80 heavy (non-hydrogen) atoms. The molecule has 3 aromatic rings. The SMILES string of the molecule is CC[C@H](C)[C@H](NC(=O)[C@H](CC(C)C)NC(=O)[C@@H](N)CC(C)C)C(=O)N[C@@H](Cc1ccc(O)cc1)C(=O)N[C@@H](Cc1c[nH]c2ccccc12)C(=O)N[C@@H](C)C(=O)N[C@@H](CO)C(=O)N[C@H](C(=O)N[C@@H](CCCN=C(N)N)C(=O)O)[C@@H](C)O. The Morgan fingerprint density at radius 1 is 0.613 bits per heavy atom. The van der Waals surface area contributed by atoms with Crippen LogP contribution >= 0.6 is 0 Å². The predicted molar refractivity (Wildman–Crippen MR) is 298 cm³/mol. The number of benzene rings is 2. The molecule has 26 heteroatoms. The van der Waals surface area contributed by atoms with E-state index in [1.165, 1.54) is 31.2 Å². The Labute approximate surface area is 465 Å². The maximum Gasteiger partial charge on any atom is 0.326 e. The number of aromatic amines is 1. The van der Waals surface area contributed by atoms with E-state index in [1.54, 1.807) is 44.3 Å². The molecule has 0 aliphatic heterocycles. The molecule has 1 aromatic heterocycles. The first-order valence-corrected chi connectivity index (χ1v) is 26.7. The molecule has 3 rings (SSSR count). The average Bonchev–Trinajstić information content (AvgIpc) is 3.80. The van der Waals surface area contributed by atoms with Gasteiger partial charge in [-0.05, 0) is 86.6 Å². The number of rotatable bonds is 33. The number of carboxylic acids is 1. The summed E-state index contributed by atoms with van der Waals surface area (Å²) < 4.78 is 0. The molecule has 26 nitrogen and oxygen atoms in total. The first-order chi connectivity index (χ1) is 37.6. The van der Waals surface area contributed by atoms with Crippen molar-refractivity contribution in [2.24, 2.45) is 39.9 Å². The first kappa shape index (κ1) is 66.4. The van der Waals surface area contributed by atoms with Gasteiger partial charge in [0.25, 0.3) is 0 Å². The van der Waals surface area contributed by atoms with Crippen molar-refractivity contribution in [3.63, 3.8) is 0 Å². The molecule has 0 bridgehead atoms. The molecule has 0 radical (unpaired) electrons. The van der Waals surface area contributed by atoms with Crippen LogP contribution < -0.4 is 59.7 Å². The molecule has 0 aliphatic carbocycles. The molecule has 0 saturated heterocycles. The van der Waals surface area contributed by atoms with Gasteiger partial charge in [-0.1, -0.05) is 78.3 Å². The lowest BCUT2D eigenvalue weighted by Crippen LogP contribution is -2.62. The number of phenolic OH excluding ortho intramolecular Hbond substituents is 1. The van der Waals surface area contributed by atoms with Crippen LogP contribution in [-0.2, 0) is 56.0 Å². The molecule has 0 fully saturated rings. The average molecular weight is 1120 g/mol. The van der Waals surface area contributed by atoms with Gasteiger partial charge in [0.05, 0.1) is 18.8 Å². The third-order valence-electron chi connectivity index (χ3n) is 13.1. The summed E-state index contributed by atoms with van der Waals surface area (Å²) in [5.41, 5.74) is 18.5. The zero-order valence-corrected chi connectivity index (χ0v) is 46.7. The summed E-state index contributed by atoms with van der Waals surface area (Å²) in [5.74, 6) is -9.15. The molecule has 19 N–H and O–H groups in total. The van der Waals surface area contributed by atoms with Crippen LogP contribution in [0.1, 0.15) is 98.6 Å². The molecule has 442 valence electrons. The number of hydrogen-bond donors (Lipinski definition) is 16. The summed E-state index contributed by atoms with van der Waals surface area (Å²) in [5, 5.41) is 61.4. The fraction of sp³-hybridized carbons (Fsp3) is 0.556. The van der Waals surface area contributed by atoms with Crippen molar-refractivity contribution in [2.45, 2.75) is 161 Å². The van der Waals surface area contributed by atoms with Crippen molar-refractivity contribution in [3.05, 3.63) is 65.9 Å². The second kappa shape index (κ2) is 32.3. The number of aliphatic hydroxyl groups excluding tert-OH is 2. The largest absolute Gasteiger partial charge is 0.508 e. The molecule has 1 heterocycles. The van der Waals surface area contributed by atoms with Crippen LogP contribution in [0, 0.1) is 17.8 Å². The molecular weight excluding hydrogens is 1040 g/mol. The van der Waals surface area contributed by atoms with E-state index in [9.17, 15) is 63.6 Å². The third kappa shape index (κ3) is 21.4. The highest BCUT2D eigenvalue weighted by Gasteiger charge is 2.37. The number of nitrogens with one attached hydrogen (secondary N) is 9. The number of para-hydroxylation sites is 1. The van der Waals surface area contributed by atoms with E-state index in [0.29, 0.717) is 34.9 Å². The molecule has 11 atom stereocenters. The van der Waals surface area contributed by atoms with Crippen LogP contribution in [0.2, 0.25) is 0 Å². The Morgan fingerprint density at radius 3 is 1.73 bits per heavy atom. The third-order valence-corrected chi connectivity index (χ3v) is 13.1. The number of aliphatic carboxylic acids is 1. The normalized spacial score (nSPS) is 15.5. The van der Waals surface area contributed by atoms with Crippen molar-refractivity contribution < 1.29 is 63.6 Å². The standard InChI is InChI=1S/C54H83N13O13/c1-9-29(6)43(66-49(75)39(22-28(4)5)62-46(72)36(55)21-27(2)3)51(77)64-40(23-32-16-18-34(70)19-17-32)48(74)63-41(24-33-25-59-37-14-11-10-13-35(33)37)47(73)60-30(7)45(71)65-42(26-68)50(76)67-44(31(8)69)52(78)61-38(53(79)80)15-12-20-58-54(56)57/h10-11,13-14,16-19,25,27-31,36,38-44,59,68-70H,9,12,15,20-24,26,55H2,1-8H3,(H,60,73)(H,61,78)(H,62,72)(H,63,74)(H,64,77)(H,65,71)(H,66,75)(H,67,76)(H,79,80)(H4,56,57,58)/t29-,30-,31+,36-,38-,39-,40-,41-,42-,43-,44-/m0/s1. The van der Waals surface area contributed by atoms with Crippen LogP contribution in [0.5, 0.6) is 5.75 Å². The van der Waals surface area contributed by atoms with Crippen molar-refractivity contribution in [1.82, 2.24) is 47.5 Å². The highest BCUT2D eigenvalue weighted by atomic mass is 16.4. The number of aromatic hydroxyl groups is 1. The van der Waals surface area contributed by atoms with E-state index >= 15 is 0 Å². The number of carbonyl (C=O) groups excluding carboxylic acids is 8. The zero-order chi connectivity index (χ0) is 60.0. The predicted octanol–water partition coefficient (Wildman–Crippen LogP) is -1.47. The van der Waals surface area contributed by atoms with Gasteiger partial charge in [-0.25, -0.2) is 4.79 Å². The number of aliphatic hydroxyl groups is 2. The monoisotopic (exact) mass is 1120 g/mol. The fourth-order valence-corrected chi connectivity index (χ4v) is 8.44. The Morgan fingerprint density at radius 2 is 1.14 bits per heavy atom. The zero-order valence-electron chi connectivity index (χ0n) is 46.7. The number of fused-ring (bicyclic) bond motifs is 1. The molecule has 0 saturated carbocycles. The molecule has 8 amide bonds. The maximum atomic E-state index is 14.7. The molecular formula is C54H83N13O13. The highest BCUT2D eigenvalue weighted by molar-refractivity contribution is 5.98. The van der Waals surface area contributed by atoms with Gasteiger partial charge in [0, 0.05) is 36.5 Å². The number of carboxylic acid groups (broad SMARTS) is 1. The Kier molecular flexibility index (Phi) is 26.8. The number of hydrogen-bond acceptors (Lipinski definition) is 14. The van der Waals surface area contributed by atoms with Gasteiger partial charge in [-0.15, -0.1) is 0 Å². The number of H-pyrrole nitrogens is 1. The fourth-order valence-electron chi connectivity index (χ4n) is 8.44. The van der Waals surface area contributed by atoms with Gasteiger partial charge < -0.3 is 85.1 Å². The van der Waals surface area contributed by atoms with E-state index in [-0.39, 0.29) is 62.2 Å². The number of aromatic nitrogens is 1. The smallest absolute Gasteiger partial charge is 0.326 e. The van der Waals surface area contributed by atoms with Crippen LogP contribution in [0.15, 0.2) is 59.7 Å². The maximum absolute atomic E-state index is 14.7. The van der Waals surface area contributed by atoms with E-state index in [4.69, 9.17) is 17.2 Å². The van der Waals surface area contributed by atoms with Crippen LogP contribution in [0.25, 0.3) is 10.9 Å². The summed E-state index contributed by atoms with van der Waals surface area (Å²) in [6.45, 7) is 12.5. The lowest BCUT2D eigenvalue weighted by molar-refractivity contribution is -0.143. The lowest BCUT2D eigenvalue weighted by atomic mass is 9.95. The number of carbonyl (C=O) groups is 9. The summed E-state index contributed by atoms with van der Waals surface area (Å²) in [7, 11) is 0. The van der Waals surface area contributed by atoms with Crippen molar-refractivity contribution in [2.75, 3.05) is 13.2 Å². The van der Waals surface area contributed by atoms with Gasteiger partial charge in [-0.3, -0.25) is 43.3 Å². The van der Waals surface area contributed by atoms with E-state index in [1.807, 2.05) is 27.7 Å². The Balaban J connectivity index is 1.92. The number of nitrogens with zero attached hydrogens (tertiary/aromatic N) is 1. The van der Waals surface area contributed by atoms with E-state index < -0.39 is 126 Å². The van der Waals surface area contributed by atoms with Crippen molar-refractivity contribution in [3.8, 4) is 5.75 Å². The number of phenols is 1. The quantitative estimate of drug-likeness (QED) is 0.0188. The van der Waals surface area contributed by atoms with Crippen molar-refractivity contribution >= 4 is 70.1 Å². The van der Waals surface area contributed by atoms with Crippen molar-refractivity contribution in [1.29, 1.82) is 0 Å². The number of aliphatic imine (C=N–C) groups is 1. The molecule has 0 spiro atoms. The van der Waals surface area contributed by atoms with E-state index in [0.717, 1.165) is 6.92 Å². The van der Waals surface area contributed by atoms with Crippen LogP contribution in [0.4, 0.5) is 0 Å². The minimum atomic E-state index is -1.77. The topological polar surface area (TPSA) is 437 Å². The van der Waals surface area contributed by atoms with Gasteiger partial charge >= 0.3 is 5.97 Å². The van der Waals surface area contributed by atoms with Gasteiger partial charge in [0.1, 0.15) is 54.1 Å². The van der Waals surface area contributed by atoms with Gasteiger partial charge in [0.15, 0.2) is 5.96 Å². The number of nitrogens with two attached hydrogens (primary N) is 3. The lowest BCUT2D eigenvalue weighted by Gasteiger charge is -2.30. The second-order valence-electron chi connectivity index (χ2n) is 20.9. The molecule has 0 unspecified atom stereocenters. The second-order valence-corrected chi connectivity index (χ2v) is 20.9. The van der Waals surface area contributed by atoms with Gasteiger partial charge in [0.2, 0.25) is 47.3 Å². The van der Waals surface area contributed by atoms with Gasteiger partial charge in [-0.2, -0.15) is 0 Å². The highest BCUT2D eigenvalue weighted by Crippen LogP contribution is 2.20. The summed E-state index contributed by atoms with van der Waals surface area (Å²) in [4.78, 5) is 130. The summed E-state index contributed by atoms with van der Waals surface area (Å²) in [6.07, 6.45) is 0.694. The van der Waals surface area contributed by atoms with Crippen LogP contribution in [0.3, 0.4) is 0 Å². The first-order valence-electron chi connectivity index (χ1n) is 26.7. The summed E-state index contributed by atoms with van der Waals surface area (Å²) in [6, 6.07) is 0.432. The number of guanidine groups is 1. The Bertz CT molecular complexity index is 2600. The number of amides is 8. The minimum Gasteiger partial charge on any atom is -0.508 e.